The number of halogens is 1. The summed E-state index contributed by atoms with van der Waals surface area (Å²) in [6, 6.07) is 8.63. The minimum absolute atomic E-state index is 0.0278. The van der Waals surface area contributed by atoms with Crippen LogP contribution in [0.15, 0.2) is 34.7 Å². The largest absolute Gasteiger partial charge is 0.494 e. The Hall–Kier alpha value is -2.38. The number of furan rings is 1. The molecule has 1 aromatic carbocycles. The number of rotatable bonds is 8. The molecule has 1 aliphatic heterocycles. The van der Waals surface area contributed by atoms with Gasteiger partial charge in [0.15, 0.2) is 11.6 Å². The molecule has 1 unspecified atom stereocenters. The fourth-order valence-corrected chi connectivity index (χ4v) is 3.35. The lowest BCUT2D eigenvalue weighted by Crippen LogP contribution is -2.43. The van der Waals surface area contributed by atoms with Crippen molar-refractivity contribution in [3.8, 4) is 5.75 Å². The van der Waals surface area contributed by atoms with Crippen LogP contribution in [0, 0.1) is 12.7 Å². The van der Waals surface area contributed by atoms with Crippen LogP contribution in [-0.2, 0) is 16.0 Å². The molecule has 1 aliphatic rings. The molecule has 1 amide bonds. The molecule has 1 fully saturated rings. The fourth-order valence-electron chi connectivity index (χ4n) is 3.35. The van der Waals surface area contributed by atoms with Crippen molar-refractivity contribution in [3.63, 3.8) is 0 Å². The first kappa shape index (κ1) is 20.4. The molecule has 0 aliphatic carbocycles. The van der Waals surface area contributed by atoms with Crippen LogP contribution in [0.1, 0.15) is 29.5 Å². The summed E-state index contributed by atoms with van der Waals surface area (Å²) in [5.41, 5.74) is 0.764. The lowest BCUT2D eigenvalue weighted by molar-refractivity contribution is -0.121. The summed E-state index contributed by atoms with van der Waals surface area (Å²) >= 11 is 0. The van der Waals surface area contributed by atoms with E-state index >= 15 is 0 Å². The summed E-state index contributed by atoms with van der Waals surface area (Å²) in [7, 11) is 1.43. The number of nitrogens with one attached hydrogen (secondary N) is 1. The molecular weight excluding hydrogens is 363 g/mol. The first-order valence-corrected chi connectivity index (χ1v) is 9.54. The predicted molar refractivity (Wildman–Crippen MR) is 103 cm³/mol. The molecule has 1 aromatic heterocycles. The smallest absolute Gasteiger partial charge is 0.220 e. The molecule has 1 saturated heterocycles. The highest BCUT2D eigenvalue weighted by molar-refractivity contribution is 5.76. The number of carbonyl (C=O) groups excluding carboxylic acids is 1. The number of methoxy groups -OCH3 is 1. The second kappa shape index (κ2) is 9.71. The van der Waals surface area contributed by atoms with Gasteiger partial charge in [0.05, 0.1) is 26.4 Å². The zero-order valence-electron chi connectivity index (χ0n) is 16.4. The predicted octanol–water partition coefficient (Wildman–Crippen LogP) is 2.86. The Bertz CT molecular complexity index is 786. The third kappa shape index (κ3) is 5.33. The Morgan fingerprint density at radius 2 is 2.07 bits per heavy atom. The van der Waals surface area contributed by atoms with Gasteiger partial charge in [-0.2, -0.15) is 0 Å². The molecule has 0 spiro atoms. The first-order valence-electron chi connectivity index (χ1n) is 9.54. The maximum atomic E-state index is 13.8. The van der Waals surface area contributed by atoms with Gasteiger partial charge in [-0.3, -0.25) is 9.69 Å². The zero-order valence-corrected chi connectivity index (χ0v) is 16.4. The lowest BCUT2D eigenvalue weighted by atomic mass is 10.1. The maximum Gasteiger partial charge on any atom is 0.220 e. The van der Waals surface area contributed by atoms with Crippen molar-refractivity contribution in [2.75, 3.05) is 40.0 Å². The van der Waals surface area contributed by atoms with E-state index in [1.807, 2.05) is 19.1 Å². The van der Waals surface area contributed by atoms with Crippen LogP contribution in [0.25, 0.3) is 0 Å². The Morgan fingerprint density at radius 3 is 2.71 bits per heavy atom. The molecule has 3 rings (SSSR count). The highest BCUT2D eigenvalue weighted by Crippen LogP contribution is 2.23. The van der Waals surface area contributed by atoms with Crippen molar-refractivity contribution >= 4 is 5.91 Å². The highest BCUT2D eigenvalue weighted by atomic mass is 19.1. The summed E-state index contributed by atoms with van der Waals surface area (Å²) in [4.78, 5) is 14.6. The number of aryl methyl sites for hydroxylation is 2. The van der Waals surface area contributed by atoms with Crippen LogP contribution in [-0.4, -0.2) is 50.8 Å². The second-order valence-corrected chi connectivity index (χ2v) is 6.89. The van der Waals surface area contributed by atoms with Gasteiger partial charge in [-0.15, -0.1) is 0 Å². The SMILES string of the molecule is COc1ccc(CCC(=O)NCC(c2ccc(C)o2)N2CCOCC2)cc1F. The van der Waals surface area contributed by atoms with Crippen LogP contribution in [0.2, 0.25) is 0 Å². The van der Waals surface area contributed by atoms with Crippen LogP contribution in [0.5, 0.6) is 5.75 Å². The van der Waals surface area contributed by atoms with Gasteiger partial charge in [0.1, 0.15) is 11.5 Å². The van der Waals surface area contributed by atoms with E-state index in [0.29, 0.717) is 32.6 Å². The van der Waals surface area contributed by atoms with Crippen molar-refractivity contribution in [2.24, 2.45) is 0 Å². The summed E-state index contributed by atoms with van der Waals surface area (Å²) in [6.45, 7) is 5.31. The lowest BCUT2D eigenvalue weighted by Gasteiger charge is -2.33. The molecule has 0 saturated carbocycles. The quantitative estimate of drug-likeness (QED) is 0.751. The van der Waals surface area contributed by atoms with Gasteiger partial charge >= 0.3 is 0 Å². The Balaban J connectivity index is 1.55. The average Bonchev–Trinajstić information content (AvgIpc) is 3.13. The van der Waals surface area contributed by atoms with Gasteiger partial charge in [0, 0.05) is 26.1 Å². The van der Waals surface area contributed by atoms with Crippen molar-refractivity contribution < 1.29 is 23.1 Å². The average molecular weight is 390 g/mol. The first-order chi connectivity index (χ1) is 13.6. The third-order valence-electron chi connectivity index (χ3n) is 4.93. The summed E-state index contributed by atoms with van der Waals surface area (Å²) in [5.74, 6) is 1.41. The summed E-state index contributed by atoms with van der Waals surface area (Å²) in [6.07, 6.45) is 0.758. The maximum absolute atomic E-state index is 13.8. The van der Waals surface area contributed by atoms with Crippen LogP contribution in [0.4, 0.5) is 4.39 Å². The molecule has 1 atom stereocenters. The van der Waals surface area contributed by atoms with Gasteiger partial charge in [0.25, 0.3) is 0 Å². The summed E-state index contributed by atoms with van der Waals surface area (Å²) < 4.78 is 29.9. The van der Waals surface area contributed by atoms with Gasteiger partial charge in [0.2, 0.25) is 5.91 Å². The molecule has 152 valence electrons. The molecule has 0 bridgehead atoms. The van der Waals surface area contributed by atoms with Crippen LogP contribution in [0.3, 0.4) is 0 Å². The fraction of sp³-hybridized carbons (Fsp3) is 0.476. The van der Waals surface area contributed by atoms with E-state index in [2.05, 4.69) is 10.2 Å². The van der Waals surface area contributed by atoms with E-state index in [1.54, 1.807) is 12.1 Å². The standard InChI is InChI=1S/C21H27FN2O4/c1-15-3-6-20(28-15)18(24-9-11-27-12-10-24)14-23-21(25)8-5-16-4-7-19(26-2)17(22)13-16/h3-4,6-7,13,18H,5,8-12,14H2,1-2H3,(H,23,25). The molecule has 7 heteroatoms. The highest BCUT2D eigenvalue weighted by Gasteiger charge is 2.25. The Kier molecular flexibility index (Phi) is 7.06. The van der Waals surface area contributed by atoms with E-state index < -0.39 is 5.82 Å². The second-order valence-electron chi connectivity index (χ2n) is 6.89. The number of ether oxygens (including phenoxy) is 2. The van der Waals surface area contributed by atoms with Crippen LogP contribution >= 0.6 is 0 Å². The van der Waals surface area contributed by atoms with E-state index in [-0.39, 0.29) is 17.7 Å². The monoisotopic (exact) mass is 390 g/mol. The van der Waals surface area contributed by atoms with Crippen LogP contribution < -0.4 is 10.1 Å². The van der Waals surface area contributed by atoms with Crippen molar-refractivity contribution in [1.82, 2.24) is 10.2 Å². The molecule has 2 heterocycles. The number of hydrogen-bond acceptors (Lipinski definition) is 5. The Labute approximate surface area is 164 Å². The van der Waals surface area contributed by atoms with Crippen molar-refractivity contribution in [3.05, 3.63) is 53.2 Å². The van der Waals surface area contributed by atoms with Crippen molar-refractivity contribution in [2.45, 2.75) is 25.8 Å². The Morgan fingerprint density at radius 1 is 1.29 bits per heavy atom. The van der Waals surface area contributed by atoms with E-state index in [1.165, 1.54) is 13.2 Å². The molecule has 0 radical (unpaired) electrons. The number of morpholine rings is 1. The number of carbonyl (C=O) groups is 1. The minimum Gasteiger partial charge on any atom is -0.494 e. The molecule has 6 nitrogen and oxygen atoms in total. The number of hydrogen-bond donors (Lipinski definition) is 1. The number of amides is 1. The van der Waals surface area contributed by atoms with Gasteiger partial charge in [-0.05, 0) is 43.2 Å². The normalized spacial score (nSPS) is 16.0. The molecular formula is C21H27FN2O4. The topological polar surface area (TPSA) is 63.9 Å². The zero-order chi connectivity index (χ0) is 19.9. The van der Waals surface area contributed by atoms with Gasteiger partial charge in [-0.1, -0.05) is 6.07 Å². The van der Waals surface area contributed by atoms with Gasteiger partial charge < -0.3 is 19.2 Å². The number of benzene rings is 1. The molecule has 2 aromatic rings. The van der Waals surface area contributed by atoms with Crippen molar-refractivity contribution in [1.29, 1.82) is 0 Å². The molecule has 1 N–H and O–H groups in total. The number of nitrogens with zero attached hydrogens (tertiary/aromatic N) is 1. The van der Waals surface area contributed by atoms with Gasteiger partial charge in [-0.25, -0.2) is 4.39 Å². The minimum atomic E-state index is -0.416. The van der Waals surface area contributed by atoms with E-state index in [9.17, 15) is 9.18 Å². The summed E-state index contributed by atoms with van der Waals surface area (Å²) in [5, 5.41) is 3.00. The van der Waals surface area contributed by atoms with E-state index in [0.717, 1.165) is 30.2 Å². The third-order valence-corrected chi connectivity index (χ3v) is 4.93. The molecule has 28 heavy (non-hydrogen) atoms. The van der Waals surface area contributed by atoms with E-state index in [4.69, 9.17) is 13.9 Å².